The van der Waals surface area contributed by atoms with Crippen molar-refractivity contribution < 1.29 is 28.9 Å². The number of hydrogen-bond acceptors (Lipinski definition) is 8. The molecule has 0 aliphatic heterocycles. The lowest BCUT2D eigenvalue weighted by Crippen LogP contribution is -2.23. The number of rotatable bonds is 10. The Morgan fingerprint density at radius 3 is 2.48 bits per heavy atom. The van der Waals surface area contributed by atoms with E-state index in [0.717, 1.165) is 4.90 Å². The summed E-state index contributed by atoms with van der Waals surface area (Å²) in [5, 5.41) is 12.9. The van der Waals surface area contributed by atoms with Gasteiger partial charge in [-0.05, 0) is 54.6 Å². The first-order valence-electron chi connectivity index (χ1n) is 9.63. The number of carbonyl (C=O) groups is 2. The monoisotopic (exact) mass is 465 g/mol. The molecule has 0 aliphatic carbocycles. The first-order chi connectivity index (χ1) is 14.9. The molecule has 0 saturated carbocycles. The Kier molecular flexibility index (Phi) is 9.87. The second kappa shape index (κ2) is 12.4. The van der Waals surface area contributed by atoms with Crippen LogP contribution in [-0.2, 0) is 14.3 Å². The largest absolute Gasteiger partial charge is 0.504 e. The number of hydrogen-bond donors (Lipinski definition) is 3. The number of benzene rings is 2. The van der Waals surface area contributed by atoms with E-state index in [1.165, 1.54) is 13.2 Å². The first-order valence-corrected chi connectivity index (χ1v) is 11.5. The molecule has 1 amide bonds. The molecule has 0 bridgehead atoms. The molecule has 31 heavy (non-hydrogen) atoms. The van der Waals surface area contributed by atoms with Crippen molar-refractivity contribution in [3.05, 3.63) is 48.0 Å². The van der Waals surface area contributed by atoms with E-state index in [0.29, 0.717) is 23.4 Å². The van der Waals surface area contributed by atoms with Gasteiger partial charge in [0, 0.05) is 16.5 Å². The fourth-order valence-electron chi connectivity index (χ4n) is 2.89. The number of thioether (sulfide) groups is 1. The average Bonchev–Trinajstić information content (AvgIpc) is 2.77. The predicted octanol–water partition coefficient (Wildman–Crippen LogP) is 4.91. The normalized spacial score (nSPS) is 12.5. The van der Waals surface area contributed by atoms with Crippen LogP contribution < -0.4 is 10.1 Å². The number of thiol groups is 1. The van der Waals surface area contributed by atoms with Crippen LogP contribution in [0.25, 0.3) is 0 Å². The standard InChI is InChI=1S/C22H27NO6S2/c1-14(10-11-28-20(25)13-30)21(15-4-9-19(27-2)18(24)12-15)29-22(26)23-16-5-7-17(31-3)8-6-16/h4-9,12,14,21,24,30H,10-11,13H2,1-3H3,(H,23,26)/t14-,21+/m1/s1. The molecule has 9 heteroatoms. The van der Waals surface area contributed by atoms with Crippen LogP contribution in [0, 0.1) is 5.92 Å². The SMILES string of the molecule is COc1ccc([C@@H](OC(=O)Nc2ccc(SC)cc2)[C@H](C)CCOC(=O)CS)cc1O. The highest BCUT2D eigenvalue weighted by Crippen LogP contribution is 2.35. The van der Waals surface area contributed by atoms with Gasteiger partial charge < -0.3 is 19.3 Å². The first kappa shape index (κ1) is 24.7. The van der Waals surface area contributed by atoms with Crippen LogP contribution in [0.5, 0.6) is 11.5 Å². The smallest absolute Gasteiger partial charge is 0.412 e. The molecule has 0 spiro atoms. The molecule has 0 aliphatic rings. The van der Waals surface area contributed by atoms with Crippen LogP contribution in [0.1, 0.15) is 25.0 Å². The molecular formula is C22H27NO6S2. The quantitative estimate of drug-likeness (QED) is 0.261. The van der Waals surface area contributed by atoms with E-state index in [1.54, 1.807) is 36.0 Å². The number of ether oxygens (including phenoxy) is 3. The maximum Gasteiger partial charge on any atom is 0.412 e. The Labute approximate surface area is 191 Å². The molecule has 2 N–H and O–H groups in total. The van der Waals surface area contributed by atoms with Gasteiger partial charge in [-0.25, -0.2) is 4.79 Å². The van der Waals surface area contributed by atoms with Crippen LogP contribution in [0.2, 0.25) is 0 Å². The van der Waals surface area contributed by atoms with E-state index in [4.69, 9.17) is 14.2 Å². The van der Waals surface area contributed by atoms with Crippen molar-refractivity contribution in [2.24, 2.45) is 5.92 Å². The number of phenols is 1. The third-order valence-electron chi connectivity index (χ3n) is 4.58. The van der Waals surface area contributed by atoms with E-state index in [-0.39, 0.29) is 24.0 Å². The Hall–Kier alpha value is -2.52. The van der Waals surface area contributed by atoms with Crippen LogP contribution in [-0.4, -0.2) is 42.9 Å². The number of esters is 1. The van der Waals surface area contributed by atoms with E-state index in [2.05, 4.69) is 17.9 Å². The van der Waals surface area contributed by atoms with E-state index in [9.17, 15) is 14.7 Å². The minimum absolute atomic E-state index is 0.00159. The highest BCUT2D eigenvalue weighted by atomic mass is 32.2. The number of phenolic OH excluding ortho intramolecular Hbond substituents is 1. The molecule has 0 radical (unpaired) electrons. The lowest BCUT2D eigenvalue weighted by atomic mass is 9.94. The summed E-state index contributed by atoms with van der Waals surface area (Å²) in [6, 6.07) is 12.2. The van der Waals surface area contributed by atoms with Gasteiger partial charge in [-0.3, -0.25) is 10.1 Å². The van der Waals surface area contributed by atoms with E-state index in [1.807, 2.05) is 25.3 Å². The highest BCUT2D eigenvalue weighted by molar-refractivity contribution is 7.98. The number of nitrogens with one attached hydrogen (secondary N) is 1. The van der Waals surface area contributed by atoms with Gasteiger partial charge in [-0.15, -0.1) is 11.8 Å². The number of amides is 1. The van der Waals surface area contributed by atoms with E-state index >= 15 is 0 Å². The molecule has 2 atom stereocenters. The van der Waals surface area contributed by atoms with Gasteiger partial charge in [0.25, 0.3) is 0 Å². The minimum atomic E-state index is -0.683. The summed E-state index contributed by atoms with van der Waals surface area (Å²) in [6.07, 6.45) is 1.11. The Balaban J connectivity index is 2.14. The molecule has 0 heterocycles. The maximum absolute atomic E-state index is 12.6. The second-order valence-electron chi connectivity index (χ2n) is 6.76. The number of methoxy groups -OCH3 is 1. The van der Waals surface area contributed by atoms with Crippen molar-refractivity contribution >= 4 is 42.1 Å². The molecule has 7 nitrogen and oxygen atoms in total. The molecule has 2 aromatic rings. The lowest BCUT2D eigenvalue weighted by molar-refractivity contribution is -0.141. The Morgan fingerprint density at radius 1 is 1.19 bits per heavy atom. The summed E-state index contributed by atoms with van der Waals surface area (Å²) in [6.45, 7) is 2.04. The highest BCUT2D eigenvalue weighted by Gasteiger charge is 2.25. The van der Waals surface area contributed by atoms with Crippen molar-refractivity contribution in [2.75, 3.05) is 31.0 Å². The fourth-order valence-corrected chi connectivity index (χ4v) is 3.39. The van der Waals surface area contributed by atoms with Crippen LogP contribution >= 0.6 is 24.4 Å². The number of carbonyl (C=O) groups excluding carboxylic acids is 2. The van der Waals surface area contributed by atoms with Gasteiger partial charge in [-0.2, -0.15) is 12.6 Å². The molecular weight excluding hydrogens is 438 g/mol. The summed E-state index contributed by atoms with van der Waals surface area (Å²) in [4.78, 5) is 25.0. The van der Waals surface area contributed by atoms with Gasteiger partial charge in [0.05, 0.1) is 19.5 Å². The van der Waals surface area contributed by atoms with Crippen molar-refractivity contribution in [3.63, 3.8) is 0 Å². The minimum Gasteiger partial charge on any atom is -0.504 e. The second-order valence-corrected chi connectivity index (χ2v) is 7.95. The maximum atomic E-state index is 12.6. The molecule has 0 saturated heterocycles. The topological polar surface area (TPSA) is 94.1 Å². The summed E-state index contributed by atoms with van der Waals surface area (Å²) in [5.41, 5.74) is 1.20. The third kappa shape index (κ3) is 7.59. The zero-order valence-corrected chi connectivity index (χ0v) is 19.4. The zero-order valence-electron chi connectivity index (χ0n) is 17.7. The van der Waals surface area contributed by atoms with Gasteiger partial charge in [0.1, 0.15) is 6.10 Å². The summed E-state index contributed by atoms with van der Waals surface area (Å²) in [7, 11) is 1.46. The van der Waals surface area contributed by atoms with Crippen LogP contribution in [0.3, 0.4) is 0 Å². The number of anilines is 1. The summed E-state index contributed by atoms with van der Waals surface area (Å²) >= 11 is 5.49. The van der Waals surface area contributed by atoms with Crippen molar-refractivity contribution in [1.82, 2.24) is 0 Å². The van der Waals surface area contributed by atoms with Crippen molar-refractivity contribution in [1.29, 1.82) is 0 Å². The predicted molar refractivity (Wildman–Crippen MR) is 124 cm³/mol. The summed E-state index contributed by atoms with van der Waals surface area (Å²) in [5.74, 6) is -0.364. The molecule has 0 fully saturated rings. The molecule has 168 valence electrons. The average molecular weight is 466 g/mol. The van der Waals surface area contributed by atoms with Gasteiger partial charge in [0.2, 0.25) is 0 Å². The third-order valence-corrected chi connectivity index (χ3v) is 5.59. The van der Waals surface area contributed by atoms with Crippen molar-refractivity contribution in [3.8, 4) is 11.5 Å². The molecule has 0 aromatic heterocycles. The van der Waals surface area contributed by atoms with Crippen molar-refractivity contribution in [2.45, 2.75) is 24.3 Å². The molecule has 0 unspecified atom stereocenters. The molecule has 2 rings (SSSR count). The Morgan fingerprint density at radius 2 is 1.90 bits per heavy atom. The van der Waals surface area contributed by atoms with Crippen LogP contribution in [0.4, 0.5) is 10.5 Å². The summed E-state index contributed by atoms with van der Waals surface area (Å²) < 4.78 is 15.9. The fraction of sp³-hybridized carbons (Fsp3) is 0.364. The molecule has 2 aromatic carbocycles. The van der Waals surface area contributed by atoms with Crippen LogP contribution in [0.15, 0.2) is 47.4 Å². The Bertz CT molecular complexity index is 875. The van der Waals surface area contributed by atoms with Gasteiger partial charge in [0.15, 0.2) is 11.5 Å². The van der Waals surface area contributed by atoms with Gasteiger partial charge >= 0.3 is 12.1 Å². The van der Waals surface area contributed by atoms with Gasteiger partial charge in [-0.1, -0.05) is 13.0 Å². The van der Waals surface area contributed by atoms with E-state index < -0.39 is 18.2 Å². The zero-order chi connectivity index (χ0) is 22.8. The number of aromatic hydroxyl groups is 1. The lowest BCUT2D eigenvalue weighted by Gasteiger charge is -2.25.